The summed E-state index contributed by atoms with van der Waals surface area (Å²) in [4.78, 5) is 17.4. The Labute approximate surface area is 178 Å². The van der Waals surface area contributed by atoms with E-state index in [4.69, 9.17) is 4.98 Å². The Morgan fingerprint density at radius 3 is 2.20 bits per heavy atom. The first-order valence-corrected chi connectivity index (χ1v) is 10.5. The van der Waals surface area contributed by atoms with Crippen molar-refractivity contribution in [3.8, 4) is 21.7 Å². The second-order valence-electron chi connectivity index (χ2n) is 6.97. The van der Waals surface area contributed by atoms with Crippen LogP contribution in [0.3, 0.4) is 0 Å². The van der Waals surface area contributed by atoms with Crippen LogP contribution in [0, 0.1) is 0 Å². The van der Waals surface area contributed by atoms with Gasteiger partial charge in [0.05, 0.1) is 10.2 Å². The largest absolute Gasteiger partial charge is 0.322 e. The maximum Gasteiger partial charge on any atom is 0.255 e. The zero-order valence-electron chi connectivity index (χ0n) is 16.1. The zero-order valence-corrected chi connectivity index (χ0v) is 16.9. The molecule has 0 aliphatic carbocycles. The molecule has 4 heteroatoms. The Hall–Kier alpha value is -3.76. The maximum absolute atomic E-state index is 12.7. The monoisotopic (exact) mass is 406 g/mol. The van der Waals surface area contributed by atoms with Gasteiger partial charge in [0.1, 0.15) is 5.01 Å². The Bertz CT molecular complexity index is 1290. The molecule has 0 atom stereocenters. The number of rotatable bonds is 4. The average Bonchev–Trinajstić information content (AvgIpc) is 3.24. The summed E-state index contributed by atoms with van der Waals surface area (Å²) in [6, 6.07) is 33.7. The highest BCUT2D eigenvalue weighted by Gasteiger charge is 2.10. The SMILES string of the molecule is O=C(Nc1cccc(-c2nc3ccccc3s2)c1)c1ccc(-c2ccccc2)cc1. The highest BCUT2D eigenvalue weighted by atomic mass is 32.1. The van der Waals surface area contributed by atoms with Crippen molar-refractivity contribution in [1.82, 2.24) is 4.98 Å². The predicted molar refractivity (Wildman–Crippen MR) is 125 cm³/mol. The minimum absolute atomic E-state index is 0.129. The van der Waals surface area contributed by atoms with E-state index in [1.807, 2.05) is 84.9 Å². The second-order valence-corrected chi connectivity index (χ2v) is 8.00. The third kappa shape index (κ3) is 3.73. The van der Waals surface area contributed by atoms with E-state index < -0.39 is 0 Å². The molecule has 1 heterocycles. The summed E-state index contributed by atoms with van der Waals surface area (Å²) in [5, 5.41) is 3.94. The van der Waals surface area contributed by atoms with Gasteiger partial charge in [0.25, 0.3) is 5.91 Å². The van der Waals surface area contributed by atoms with Crippen LogP contribution in [0.15, 0.2) is 103 Å². The van der Waals surface area contributed by atoms with Gasteiger partial charge in [-0.3, -0.25) is 4.79 Å². The van der Waals surface area contributed by atoms with Gasteiger partial charge in [0.2, 0.25) is 0 Å². The van der Waals surface area contributed by atoms with E-state index in [-0.39, 0.29) is 5.91 Å². The number of benzene rings is 4. The second kappa shape index (κ2) is 7.93. The van der Waals surface area contributed by atoms with Gasteiger partial charge in [-0.05, 0) is 47.5 Å². The molecule has 0 bridgehead atoms. The molecule has 4 aromatic carbocycles. The van der Waals surface area contributed by atoms with Gasteiger partial charge < -0.3 is 5.32 Å². The van der Waals surface area contributed by atoms with Crippen LogP contribution in [-0.2, 0) is 0 Å². The smallest absolute Gasteiger partial charge is 0.255 e. The lowest BCUT2D eigenvalue weighted by Gasteiger charge is -2.08. The van der Waals surface area contributed by atoms with Crippen molar-refractivity contribution in [3.05, 3.63) is 109 Å². The molecule has 0 radical (unpaired) electrons. The average molecular weight is 407 g/mol. The van der Waals surface area contributed by atoms with E-state index in [0.717, 1.165) is 37.6 Å². The highest BCUT2D eigenvalue weighted by Crippen LogP contribution is 2.31. The molecule has 144 valence electrons. The number of amides is 1. The van der Waals surface area contributed by atoms with Crippen molar-refractivity contribution in [2.45, 2.75) is 0 Å². The molecule has 0 fully saturated rings. The molecule has 1 aromatic heterocycles. The number of hydrogen-bond acceptors (Lipinski definition) is 3. The number of hydrogen-bond donors (Lipinski definition) is 1. The number of nitrogens with one attached hydrogen (secondary N) is 1. The fourth-order valence-electron chi connectivity index (χ4n) is 3.37. The quantitative estimate of drug-likeness (QED) is 0.353. The first kappa shape index (κ1) is 18.3. The lowest BCUT2D eigenvalue weighted by atomic mass is 10.0. The Kier molecular flexibility index (Phi) is 4.83. The van der Waals surface area contributed by atoms with Gasteiger partial charge in [-0.2, -0.15) is 0 Å². The van der Waals surface area contributed by atoms with Crippen LogP contribution in [0.25, 0.3) is 31.9 Å². The molecule has 1 amide bonds. The summed E-state index contributed by atoms with van der Waals surface area (Å²) in [7, 11) is 0. The van der Waals surface area contributed by atoms with Crippen molar-refractivity contribution < 1.29 is 4.79 Å². The molecule has 0 unspecified atom stereocenters. The molecule has 0 spiro atoms. The van der Waals surface area contributed by atoms with E-state index in [1.165, 1.54) is 0 Å². The van der Waals surface area contributed by atoms with Crippen LogP contribution in [0.5, 0.6) is 0 Å². The number of thiazole rings is 1. The van der Waals surface area contributed by atoms with Gasteiger partial charge in [-0.1, -0.05) is 66.7 Å². The van der Waals surface area contributed by atoms with Gasteiger partial charge in [0.15, 0.2) is 0 Å². The molecule has 0 aliphatic heterocycles. The van der Waals surface area contributed by atoms with Gasteiger partial charge >= 0.3 is 0 Å². The summed E-state index contributed by atoms with van der Waals surface area (Å²) in [6.07, 6.45) is 0. The molecule has 0 saturated heterocycles. The summed E-state index contributed by atoms with van der Waals surface area (Å²) >= 11 is 1.65. The van der Waals surface area contributed by atoms with Crippen LogP contribution < -0.4 is 5.32 Å². The Morgan fingerprint density at radius 1 is 0.700 bits per heavy atom. The lowest BCUT2D eigenvalue weighted by Crippen LogP contribution is -2.11. The van der Waals surface area contributed by atoms with Crippen molar-refractivity contribution in [2.24, 2.45) is 0 Å². The molecule has 1 N–H and O–H groups in total. The van der Waals surface area contributed by atoms with Crippen LogP contribution >= 0.6 is 11.3 Å². The summed E-state index contributed by atoms with van der Waals surface area (Å²) < 4.78 is 1.15. The Morgan fingerprint density at radius 2 is 1.40 bits per heavy atom. The fraction of sp³-hybridized carbons (Fsp3) is 0. The summed E-state index contributed by atoms with van der Waals surface area (Å²) in [5.41, 5.74) is 5.58. The minimum Gasteiger partial charge on any atom is -0.322 e. The van der Waals surface area contributed by atoms with E-state index in [9.17, 15) is 4.79 Å². The van der Waals surface area contributed by atoms with E-state index in [0.29, 0.717) is 5.56 Å². The third-order valence-electron chi connectivity index (χ3n) is 4.92. The molecule has 5 rings (SSSR count). The number of carbonyl (C=O) groups excluding carboxylic acids is 1. The molecule has 3 nitrogen and oxygen atoms in total. The topological polar surface area (TPSA) is 42.0 Å². The first-order valence-electron chi connectivity index (χ1n) is 9.69. The molecule has 5 aromatic rings. The van der Waals surface area contributed by atoms with Crippen molar-refractivity contribution in [1.29, 1.82) is 0 Å². The van der Waals surface area contributed by atoms with E-state index >= 15 is 0 Å². The predicted octanol–water partition coefficient (Wildman–Crippen LogP) is 6.88. The number of anilines is 1. The number of nitrogens with zero attached hydrogens (tertiary/aromatic N) is 1. The lowest BCUT2D eigenvalue weighted by molar-refractivity contribution is 0.102. The van der Waals surface area contributed by atoms with Crippen molar-refractivity contribution >= 4 is 33.1 Å². The fourth-order valence-corrected chi connectivity index (χ4v) is 4.34. The highest BCUT2D eigenvalue weighted by molar-refractivity contribution is 7.21. The molecule has 0 saturated carbocycles. The van der Waals surface area contributed by atoms with Gasteiger partial charge in [0, 0.05) is 16.8 Å². The molecular formula is C26H18N2OS. The van der Waals surface area contributed by atoms with E-state index in [2.05, 4.69) is 23.5 Å². The van der Waals surface area contributed by atoms with Crippen LogP contribution in [0.2, 0.25) is 0 Å². The van der Waals surface area contributed by atoms with Crippen LogP contribution in [-0.4, -0.2) is 10.9 Å². The van der Waals surface area contributed by atoms with Gasteiger partial charge in [-0.25, -0.2) is 4.98 Å². The van der Waals surface area contributed by atoms with Crippen LogP contribution in [0.1, 0.15) is 10.4 Å². The summed E-state index contributed by atoms with van der Waals surface area (Å²) in [5.74, 6) is -0.129. The number of para-hydroxylation sites is 1. The van der Waals surface area contributed by atoms with Crippen molar-refractivity contribution in [2.75, 3.05) is 5.32 Å². The number of aromatic nitrogens is 1. The van der Waals surface area contributed by atoms with Crippen molar-refractivity contribution in [3.63, 3.8) is 0 Å². The normalized spacial score (nSPS) is 10.8. The van der Waals surface area contributed by atoms with E-state index in [1.54, 1.807) is 11.3 Å². The first-order chi connectivity index (χ1) is 14.8. The molecule has 0 aliphatic rings. The number of fused-ring (bicyclic) bond motifs is 1. The zero-order chi connectivity index (χ0) is 20.3. The maximum atomic E-state index is 12.7. The van der Waals surface area contributed by atoms with Gasteiger partial charge in [-0.15, -0.1) is 11.3 Å². The third-order valence-corrected chi connectivity index (χ3v) is 6.00. The Balaban J connectivity index is 1.35. The molecular weight excluding hydrogens is 388 g/mol. The number of carbonyl (C=O) groups is 1. The minimum atomic E-state index is -0.129. The molecule has 30 heavy (non-hydrogen) atoms. The summed E-state index contributed by atoms with van der Waals surface area (Å²) in [6.45, 7) is 0. The standard InChI is InChI=1S/C26H18N2OS/c29-25(20-15-13-19(14-16-20)18-7-2-1-3-8-18)27-22-10-6-9-21(17-22)26-28-23-11-4-5-12-24(23)30-26/h1-17H,(H,27,29). The van der Waals surface area contributed by atoms with Crippen LogP contribution in [0.4, 0.5) is 5.69 Å².